The second-order valence-electron chi connectivity index (χ2n) is 4.30. The van der Waals surface area contributed by atoms with Crippen LogP contribution in [0.4, 0.5) is 5.69 Å². The van der Waals surface area contributed by atoms with Crippen molar-refractivity contribution in [3.8, 4) is 11.8 Å². The highest BCUT2D eigenvalue weighted by atomic mass is 16.5. The monoisotopic (exact) mass is 232 g/mol. The largest absolute Gasteiger partial charge is 0.495 e. The molecule has 0 saturated heterocycles. The predicted molar refractivity (Wildman–Crippen MR) is 70.4 cm³/mol. The van der Waals surface area contributed by atoms with Gasteiger partial charge in [0.25, 0.3) is 0 Å². The van der Waals surface area contributed by atoms with E-state index in [2.05, 4.69) is 37.4 Å². The molecule has 1 rings (SSSR count). The van der Waals surface area contributed by atoms with Gasteiger partial charge in [0.05, 0.1) is 18.9 Å². The number of unbranched alkanes of at least 4 members (excludes halogenated alkanes) is 1. The van der Waals surface area contributed by atoms with E-state index in [1.165, 1.54) is 5.56 Å². The van der Waals surface area contributed by atoms with E-state index < -0.39 is 0 Å². The molecule has 0 aliphatic rings. The van der Waals surface area contributed by atoms with Crippen LogP contribution in [0.25, 0.3) is 0 Å². The first-order chi connectivity index (χ1) is 8.19. The molecule has 0 aromatic heterocycles. The Labute approximate surface area is 103 Å². The maximum Gasteiger partial charge on any atom is 0.142 e. The smallest absolute Gasteiger partial charge is 0.142 e. The number of rotatable bonds is 6. The summed E-state index contributed by atoms with van der Waals surface area (Å²) in [5.41, 5.74) is 2.26. The molecule has 0 bridgehead atoms. The first-order valence-corrected chi connectivity index (χ1v) is 5.97. The van der Waals surface area contributed by atoms with Gasteiger partial charge in [0.2, 0.25) is 0 Å². The molecule has 0 heterocycles. The quantitative estimate of drug-likeness (QED) is 0.763. The molecule has 0 atom stereocenters. The zero-order chi connectivity index (χ0) is 12.7. The Hall–Kier alpha value is -1.69. The number of ether oxygens (including phenoxy) is 1. The highest BCUT2D eigenvalue weighted by molar-refractivity contribution is 5.58. The summed E-state index contributed by atoms with van der Waals surface area (Å²) in [6.07, 6.45) is 1.44. The molecule has 1 N–H and O–H groups in total. The van der Waals surface area contributed by atoms with Gasteiger partial charge in [-0.05, 0) is 30.0 Å². The van der Waals surface area contributed by atoms with Crippen LogP contribution < -0.4 is 10.1 Å². The molecule has 3 heteroatoms. The lowest BCUT2D eigenvalue weighted by atomic mass is 10.0. The number of nitriles is 1. The summed E-state index contributed by atoms with van der Waals surface area (Å²) in [6, 6.07) is 8.36. The maximum atomic E-state index is 8.46. The van der Waals surface area contributed by atoms with E-state index >= 15 is 0 Å². The lowest BCUT2D eigenvalue weighted by molar-refractivity contribution is 0.415. The SMILES string of the molecule is COc1cc(C(C)C)ccc1NCCCC#N. The van der Waals surface area contributed by atoms with E-state index in [-0.39, 0.29) is 0 Å². The Bertz CT molecular complexity index is 394. The Morgan fingerprint density at radius 3 is 2.76 bits per heavy atom. The van der Waals surface area contributed by atoms with Crippen LogP contribution in [0.1, 0.15) is 38.2 Å². The summed E-state index contributed by atoms with van der Waals surface area (Å²) in [5.74, 6) is 1.37. The predicted octanol–water partition coefficient (Wildman–Crippen LogP) is 3.53. The first kappa shape index (κ1) is 13.4. The molecule has 0 unspecified atom stereocenters. The summed E-state index contributed by atoms with van der Waals surface area (Å²) in [6.45, 7) is 5.12. The Morgan fingerprint density at radius 1 is 1.41 bits per heavy atom. The molecule has 0 fully saturated rings. The fourth-order valence-electron chi connectivity index (χ4n) is 1.60. The Morgan fingerprint density at radius 2 is 2.18 bits per heavy atom. The second kappa shape index (κ2) is 6.80. The van der Waals surface area contributed by atoms with Crippen molar-refractivity contribution in [2.24, 2.45) is 0 Å². The second-order valence-corrected chi connectivity index (χ2v) is 4.30. The van der Waals surface area contributed by atoms with Crippen LogP contribution in [0.15, 0.2) is 18.2 Å². The van der Waals surface area contributed by atoms with Crippen molar-refractivity contribution in [2.45, 2.75) is 32.6 Å². The topological polar surface area (TPSA) is 45.0 Å². The minimum Gasteiger partial charge on any atom is -0.495 e. The minimum atomic E-state index is 0.497. The summed E-state index contributed by atoms with van der Waals surface area (Å²) < 4.78 is 5.37. The maximum absolute atomic E-state index is 8.46. The van der Waals surface area contributed by atoms with Crippen molar-refractivity contribution in [1.82, 2.24) is 0 Å². The van der Waals surface area contributed by atoms with Crippen molar-refractivity contribution in [3.63, 3.8) is 0 Å². The molecule has 1 aromatic rings. The first-order valence-electron chi connectivity index (χ1n) is 5.97. The number of hydrogen-bond donors (Lipinski definition) is 1. The minimum absolute atomic E-state index is 0.497. The summed E-state index contributed by atoms with van der Waals surface area (Å²) in [4.78, 5) is 0. The van der Waals surface area contributed by atoms with Gasteiger partial charge in [-0.25, -0.2) is 0 Å². The molecule has 0 radical (unpaired) electrons. The summed E-state index contributed by atoms with van der Waals surface area (Å²) >= 11 is 0. The fraction of sp³-hybridized carbons (Fsp3) is 0.500. The molecule has 0 saturated carbocycles. The average Bonchev–Trinajstić information content (AvgIpc) is 2.34. The van der Waals surface area contributed by atoms with E-state index in [1.54, 1.807) is 7.11 Å². The van der Waals surface area contributed by atoms with Crippen LogP contribution in [-0.4, -0.2) is 13.7 Å². The van der Waals surface area contributed by atoms with Gasteiger partial charge in [-0.2, -0.15) is 5.26 Å². The van der Waals surface area contributed by atoms with Gasteiger partial charge in [0.15, 0.2) is 0 Å². The standard InChI is InChI=1S/C14H20N2O/c1-11(2)12-6-7-13(14(10-12)17-3)16-9-5-4-8-15/h6-7,10-11,16H,4-5,9H2,1-3H3. The van der Waals surface area contributed by atoms with Crippen molar-refractivity contribution in [3.05, 3.63) is 23.8 Å². The zero-order valence-corrected chi connectivity index (χ0v) is 10.8. The van der Waals surface area contributed by atoms with Crippen molar-refractivity contribution in [2.75, 3.05) is 19.0 Å². The van der Waals surface area contributed by atoms with E-state index in [4.69, 9.17) is 10.00 Å². The van der Waals surface area contributed by atoms with Crippen molar-refractivity contribution < 1.29 is 4.74 Å². The van der Waals surface area contributed by atoms with Gasteiger partial charge in [0, 0.05) is 13.0 Å². The molecular formula is C14H20N2O. The highest BCUT2D eigenvalue weighted by Gasteiger charge is 2.06. The highest BCUT2D eigenvalue weighted by Crippen LogP contribution is 2.28. The summed E-state index contributed by atoms with van der Waals surface area (Å²) in [5, 5.41) is 11.7. The third kappa shape index (κ3) is 3.99. The Balaban J connectivity index is 2.69. The third-order valence-electron chi connectivity index (χ3n) is 2.67. The number of nitrogens with zero attached hydrogens (tertiary/aromatic N) is 1. The number of benzene rings is 1. The van der Waals surface area contributed by atoms with Gasteiger partial charge >= 0.3 is 0 Å². The zero-order valence-electron chi connectivity index (χ0n) is 10.8. The van der Waals surface area contributed by atoms with Crippen LogP contribution in [0.2, 0.25) is 0 Å². The van der Waals surface area contributed by atoms with Crippen molar-refractivity contribution >= 4 is 5.69 Å². The number of methoxy groups -OCH3 is 1. The van der Waals surface area contributed by atoms with Crippen LogP contribution in [0.3, 0.4) is 0 Å². The van der Waals surface area contributed by atoms with E-state index in [9.17, 15) is 0 Å². The molecular weight excluding hydrogens is 212 g/mol. The Kier molecular flexibility index (Phi) is 5.35. The molecule has 0 aliphatic heterocycles. The van der Waals surface area contributed by atoms with Gasteiger partial charge in [-0.3, -0.25) is 0 Å². The van der Waals surface area contributed by atoms with Gasteiger partial charge in [0.1, 0.15) is 5.75 Å². The molecule has 92 valence electrons. The molecule has 3 nitrogen and oxygen atoms in total. The van der Waals surface area contributed by atoms with Crippen LogP contribution in [0, 0.1) is 11.3 Å². The molecule has 17 heavy (non-hydrogen) atoms. The molecule has 0 aliphatic carbocycles. The number of hydrogen-bond acceptors (Lipinski definition) is 3. The third-order valence-corrected chi connectivity index (χ3v) is 2.67. The van der Waals surface area contributed by atoms with E-state index in [1.807, 2.05) is 6.07 Å². The lowest BCUT2D eigenvalue weighted by Gasteiger charge is -2.13. The van der Waals surface area contributed by atoms with Crippen LogP contribution >= 0.6 is 0 Å². The van der Waals surface area contributed by atoms with Gasteiger partial charge in [-0.15, -0.1) is 0 Å². The molecule has 0 spiro atoms. The average molecular weight is 232 g/mol. The van der Waals surface area contributed by atoms with Crippen LogP contribution in [-0.2, 0) is 0 Å². The van der Waals surface area contributed by atoms with Crippen LogP contribution in [0.5, 0.6) is 5.75 Å². The molecule has 0 amide bonds. The normalized spacial score (nSPS) is 10.1. The number of nitrogens with one attached hydrogen (secondary N) is 1. The van der Waals surface area contributed by atoms with E-state index in [0.717, 1.165) is 24.4 Å². The van der Waals surface area contributed by atoms with E-state index in [0.29, 0.717) is 12.3 Å². The van der Waals surface area contributed by atoms with Crippen molar-refractivity contribution in [1.29, 1.82) is 5.26 Å². The summed E-state index contributed by atoms with van der Waals surface area (Å²) in [7, 11) is 1.68. The number of anilines is 1. The van der Waals surface area contributed by atoms with Gasteiger partial charge < -0.3 is 10.1 Å². The van der Waals surface area contributed by atoms with Gasteiger partial charge in [-0.1, -0.05) is 19.9 Å². The lowest BCUT2D eigenvalue weighted by Crippen LogP contribution is -2.03. The fourth-order valence-corrected chi connectivity index (χ4v) is 1.60. The molecule has 1 aromatic carbocycles.